The molecule has 12 aromatic rings. The number of rotatable bonds is 6. The third-order valence-corrected chi connectivity index (χ3v) is 14.2. The first-order valence-electron chi connectivity index (χ1n) is 22.7. The molecule has 65 heavy (non-hydrogen) atoms. The van der Waals surface area contributed by atoms with Crippen LogP contribution >= 0.6 is 0 Å². The van der Waals surface area contributed by atoms with Gasteiger partial charge in [0, 0.05) is 38.9 Å². The van der Waals surface area contributed by atoms with Crippen LogP contribution in [0.2, 0.25) is 0 Å². The first kappa shape index (κ1) is 37.4. The molecule has 2 heteroatoms. The molecule has 0 saturated heterocycles. The summed E-state index contributed by atoms with van der Waals surface area (Å²) >= 11 is 0. The van der Waals surface area contributed by atoms with Crippen LogP contribution in [0.15, 0.2) is 231 Å². The van der Waals surface area contributed by atoms with E-state index in [1.807, 2.05) is 0 Å². The second-order valence-corrected chi connectivity index (χ2v) is 18.1. The van der Waals surface area contributed by atoms with Gasteiger partial charge in [0.25, 0.3) is 0 Å². The van der Waals surface area contributed by atoms with E-state index in [2.05, 4.69) is 254 Å². The van der Waals surface area contributed by atoms with Crippen LogP contribution in [0.5, 0.6) is 0 Å². The predicted molar refractivity (Wildman–Crippen MR) is 276 cm³/mol. The summed E-state index contributed by atoms with van der Waals surface area (Å²) in [5, 5.41) is 10.1. The minimum Gasteiger partial charge on any atom is -0.310 e. The first-order chi connectivity index (χ1) is 32.0. The van der Waals surface area contributed by atoms with Crippen molar-refractivity contribution < 1.29 is 0 Å². The second-order valence-electron chi connectivity index (χ2n) is 18.1. The standard InChI is InChI=1S/C63H44N2/c1-63(2)59-24-14-13-23-54(59)55-33-27-44(39-60(55)63)43-29-36-62-58(38-43)57-37-42(28-35-61(57)65(62)46-17-7-4-8-18-46)41-25-30-47(31-26-41)64(45-15-5-3-6-16-45)48-32-34-53-51-21-10-9-19-49(51)50-20-11-12-22-52(50)56(53)40-48/h3-40H,1-2H3. The highest BCUT2D eigenvalue weighted by Gasteiger charge is 2.35. The fourth-order valence-electron chi connectivity index (χ4n) is 11.0. The molecule has 0 aliphatic heterocycles. The molecule has 0 spiro atoms. The number of hydrogen-bond acceptors (Lipinski definition) is 1. The number of fused-ring (bicyclic) bond motifs is 12. The molecule has 0 bridgehead atoms. The van der Waals surface area contributed by atoms with E-state index in [4.69, 9.17) is 0 Å². The molecule has 0 unspecified atom stereocenters. The summed E-state index contributed by atoms with van der Waals surface area (Å²) in [6.07, 6.45) is 0. The van der Waals surface area contributed by atoms with E-state index in [-0.39, 0.29) is 5.41 Å². The SMILES string of the molecule is CC1(C)c2ccccc2-c2ccc(-c3ccc4c(c3)c3cc(-c5ccc(N(c6ccccc6)c6ccc7c8ccccc8c8ccccc8c7c6)cc5)ccc3n4-c3ccccc3)cc21. The van der Waals surface area contributed by atoms with Crippen LogP contribution in [0.1, 0.15) is 25.0 Å². The van der Waals surface area contributed by atoms with Gasteiger partial charge in [-0.15, -0.1) is 0 Å². The molecule has 1 aliphatic carbocycles. The Balaban J connectivity index is 0.926. The lowest BCUT2D eigenvalue weighted by atomic mass is 9.81. The van der Waals surface area contributed by atoms with Crippen molar-refractivity contribution >= 4 is 71.2 Å². The lowest BCUT2D eigenvalue weighted by Gasteiger charge is -2.26. The number of benzene rings is 11. The van der Waals surface area contributed by atoms with Gasteiger partial charge in [-0.05, 0) is 156 Å². The fraction of sp³-hybridized carbons (Fsp3) is 0.0476. The van der Waals surface area contributed by atoms with Crippen molar-refractivity contribution in [3.05, 3.63) is 242 Å². The molecular weight excluding hydrogens is 785 g/mol. The Kier molecular flexibility index (Phi) is 8.29. The Morgan fingerprint density at radius 1 is 0.308 bits per heavy atom. The van der Waals surface area contributed by atoms with Gasteiger partial charge in [0.15, 0.2) is 0 Å². The number of hydrogen-bond donors (Lipinski definition) is 0. The lowest BCUT2D eigenvalue weighted by Crippen LogP contribution is -2.14. The minimum atomic E-state index is -0.0579. The van der Waals surface area contributed by atoms with Crippen molar-refractivity contribution in [1.82, 2.24) is 4.57 Å². The van der Waals surface area contributed by atoms with Crippen molar-refractivity contribution in [2.75, 3.05) is 4.90 Å². The molecule has 0 fully saturated rings. The summed E-state index contributed by atoms with van der Waals surface area (Å²) in [5.41, 5.74) is 17.2. The zero-order valence-corrected chi connectivity index (χ0v) is 36.3. The molecule has 13 rings (SSSR count). The minimum absolute atomic E-state index is 0.0579. The van der Waals surface area contributed by atoms with E-state index in [9.17, 15) is 0 Å². The van der Waals surface area contributed by atoms with E-state index >= 15 is 0 Å². The van der Waals surface area contributed by atoms with Gasteiger partial charge in [0.05, 0.1) is 11.0 Å². The lowest BCUT2D eigenvalue weighted by molar-refractivity contribution is 0.660. The summed E-state index contributed by atoms with van der Waals surface area (Å²) < 4.78 is 2.41. The van der Waals surface area contributed by atoms with Gasteiger partial charge >= 0.3 is 0 Å². The summed E-state index contributed by atoms with van der Waals surface area (Å²) in [7, 11) is 0. The van der Waals surface area contributed by atoms with Crippen molar-refractivity contribution in [2.45, 2.75) is 19.3 Å². The third kappa shape index (κ3) is 5.81. The smallest absolute Gasteiger partial charge is 0.0541 e. The van der Waals surface area contributed by atoms with Crippen molar-refractivity contribution in [3.8, 4) is 39.1 Å². The number of aromatic nitrogens is 1. The van der Waals surface area contributed by atoms with E-state index in [0.29, 0.717) is 0 Å². The van der Waals surface area contributed by atoms with Gasteiger partial charge in [-0.25, -0.2) is 0 Å². The van der Waals surface area contributed by atoms with Crippen LogP contribution in [-0.2, 0) is 5.41 Å². The van der Waals surface area contributed by atoms with Gasteiger partial charge in [-0.1, -0.05) is 166 Å². The highest BCUT2D eigenvalue weighted by atomic mass is 15.1. The Hall–Kier alpha value is -8.20. The number of para-hydroxylation sites is 2. The van der Waals surface area contributed by atoms with Crippen LogP contribution in [0.25, 0.3) is 93.2 Å². The Morgan fingerprint density at radius 3 is 1.43 bits per heavy atom. The van der Waals surface area contributed by atoms with Crippen LogP contribution in [0.3, 0.4) is 0 Å². The molecular formula is C63H44N2. The molecule has 0 N–H and O–H groups in total. The maximum Gasteiger partial charge on any atom is 0.0541 e. The fourth-order valence-corrected chi connectivity index (χ4v) is 11.0. The van der Waals surface area contributed by atoms with Crippen LogP contribution in [-0.4, -0.2) is 4.57 Å². The summed E-state index contributed by atoms with van der Waals surface area (Å²) in [4.78, 5) is 2.38. The van der Waals surface area contributed by atoms with Gasteiger partial charge in [-0.3, -0.25) is 0 Å². The number of nitrogens with zero attached hydrogens (tertiary/aromatic N) is 2. The van der Waals surface area contributed by atoms with E-state index < -0.39 is 0 Å². The van der Waals surface area contributed by atoms with E-state index in [1.54, 1.807) is 0 Å². The van der Waals surface area contributed by atoms with Gasteiger partial charge in [-0.2, -0.15) is 0 Å². The Morgan fingerprint density at radius 2 is 0.769 bits per heavy atom. The topological polar surface area (TPSA) is 8.17 Å². The summed E-state index contributed by atoms with van der Waals surface area (Å²) in [6.45, 7) is 4.72. The average molecular weight is 829 g/mol. The van der Waals surface area contributed by atoms with Crippen LogP contribution < -0.4 is 4.90 Å². The first-order valence-corrected chi connectivity index (χ1v) is 22.7. The Bertz CT molecular complexity index is 3800. The monoisotopic (exact) mass is 828 g/mol. The van der Waals surface area contributed by atoms with Crippen molar-refractivity contribution in [3.63, 3.8) is 0 Å². The zero-order valence-electron chi connectivity index (χ0n) is 36.3. The molecule has 2 nitrogen and oxygen atoms in total. The zero-order chi connectivity index (χ0) is 43.2. The molecule has 0 saturated carbocycles. The molecule has 1 aliphatic rings. The van der Waals surface area contributed by atoms with Gasteiger partial charge in [0.2, 0.25) is 0 Å². The molecule has 0 amide bonds. The third-order valence-electron chi connectivity index (χ3n) is 14.2. The Labute approximate surface area is 378 Å². The maximum absolute atomic E-state index is 2.43. The van der Waals surface area contributed by atoms with Gasteiger partial charge < -0.3 is 9.47 Å². The van der Waals surface area contributed by atoms with Crippen LogP contribution in [0, 0.1) is 0 Å². The van der Waals surface area contributed by atoms with Crippen molar-refractivity contribution in [1.29, 1.82) is 0 Å². The summed E-state index contributed by atoms with van der Waals surface area (Å²) in [6, 6.07) is 85.1. The predicted octanol–water partition coefficient (Wildman–Crippen LogP) is 17.4. The highest BCUT2D eigenvalue weighted by Crippen LogP contribution is 2.50. The highest BCUT2D eigenvalue weighted by molar-refractivity contribution is 6.26. The molecule has 0 radical (unpaired) electrons. The van der Waals surface area contributed by atoms with E-state index in [0.717, 1.165) is 22.7 Å². The number of anilines is 3. The molecule has 0 atom stereocenters. The van der Waals surface area contributed by atoms with Gasteiger partial charge in [0.1, 0.15) is 0 Å². The largest absolute Gasteiger partial charge is 0.310 e. The maximum atomic E-state index is 2.43. The second kappa shape index (κ2) is 14.4. The molecule has 1 heterocycles. The van der Waals surface area contributed by atoms with Crippen LogP contribution in [0.4, 0.5) is 17.1 Å². The molecule has 1 aromatic heterocycles. The van der Waals surface area contributed by atoms with E-state index in [1.165, 1.54) is 98.6 Å². The molecule has 11 aromatic carbocycles. The summed E-state index contributed by atoms with van der Waals surface area (Å²) in [5.74, 6) is 0. The quantitative estimate of drug-likeness (QED) is 0.152. The average Bonchev–Trinajstić information content (AvgIpc) is 3.82. The molecule has 306 valence electrons. The van der Waals surface area contributed by atoms with Crippen molar-refractivity contribution in [2.24, 2.45) is 0 Å². The normalized spacial score (nSPS) is 12.9.